The van der Waals surface area contributed by atoms with Crippen LogP contribution in [0.25, 0.3) is 0 Å². The van der Waals surface area contributed by atoms with Gasteiger partial charge in [0.1, 0.15) is 11.6 Å². The Balaban J connectivity index is 1.78. The number of aromatic nitrogens is 1. The summed E-state index contributed by atoms with van der Waals surface area (Å²) in [5, 5.41) is 5.80. The average molecular weight is 286 g/mol. The fraction of sp³-hybridized carbons (Fsp3) is 0.200. The molecule has 0 aliphatic carbocycles. The van der Waals surface area contributed by atoms with Gasteiger partial charge in [0.15, 0.2) is 6.61 Å². The van der Waals surface area contributed by atoms with Crippen LogP contribution in [-0.4, -0.2) is 30.6 Å². The average Bonchev–Trinajstić information content (AvgIpc) is 2.53. The van der Waals surface area contributed by atoms with Crippen molar-refractivity contribution in [3.63, 3.8) is 0 Å². The number of amides is 1. The van der Waals surface area contributed by atoms with Crippen molar-refractivity contribution in [1.82, 2.24) is 4.98 Å². The van der Waals surface area contributed by atoms with E-state index in [2.05, 4.69) is 15.6 Å². The Kier molecular flexibility index (Phi) is 5.54. The number of nitrogens with one attached hydrogen (secondary N) is 2. The fourth-order valence-electron chi connectivity index (χ4n) is 1.65. The standard InChI is InChI=1S/C15H18N4O2/c16-8-10-17-12-4-6-13(7-5-12)21-11-15(20)19-14-3-1-2-9-18-14/h1-7,9,17H,8,10-11,16H2,(H,18,19,20). The number of nitrogens with two attached hydrogens (primary N) is 1. The molecule has 0 aliphatic heterocycles. The minimum atomic E-state index is -0.251. The number of hydrogen-bond acceptors (Lipinski definition) is 5. The first-order chi connectivity index (χ1) is 10.3. The predicted molar refractivity (Wildman–Crippen MR) is 82.3 cm³/mol. The second-order valence-electron chi connectivity index (χ2n) is 4.29. The van der Waals surface area contributed by atoms with Crippen molar-refractivity contribution in [2.45, 2.75) is 0 Å². The second kappa shape index (κ2) is 7.86. The lowest BCUT2D eigenvalue weighted by molar-refractivity contribution is -0.118. The quantitative estimate of drug-likeness (QED) is 0.717. The van der Waals surface area contributed by atoms with Gasteiger partial charge in [0, 0.05) is 25.0 Å². The zero-order chi connectivity index (χ0) is 14.9. The summed E-state index contributed by atoms with van der Waals surface area (Å²) in [6, 6.07) is 12.7. The summed E-state index contributed by atoms with van der Waals surface area (Å²) in [6.45, 7) is 1.23. The highest BCUT2D eigenvalue weighted by Crippen LogP contribution is 2.15. The van der Waals surface area contributed by atoms with Gasteiger partial charge in [0.25, 0.3) is 5.91 Å². The number of ether oxygens (including phenoxy) is 1. The maximum Gasteiger partial charge on any atom is 0.263 e. The first-order valence-electron chi connectivity index (χ1n) is 6.65. The van der Waals surface area contributed by atoms with E-state index in [1.165, 1.54) is 0 Å². The van der Waals surface area contributed by atoms with Crippen LogP contribution in [0.15, 0.2) is 48.7 Å². The van der Waals surface area contributed by atoms with Gasteiger partial charge in [-0.05, 0) is 36.4 Å². The summed E-state index contributed by atoms with van der Waals surface area (Å²) < 4.78 is 5.41. The topological polar surface area (TPSA) is 89.3 Å². The monoisotopic (exact) mass is 286 g/mol. The smallest absolute Gasteiger partial charge is 0.263 e. The van der Waals surface area contributed by atoms with E-state index < -0.39 is 0 Å². The molecular weight excluding hydrogens is 268 g/mol. The van der Waals surface area contributed by atoms with Gasteiger partial charge in [-0.25, -0.2) is 4.98 Å². The zero-order valence-corrected chi connectivity index (χ0v) is 11.6. The van der Waals surface area contributed by atoms with Crippen LogP contribution in [0.2, 0.25) is 0 Å². The number of nitrogens with zero attached hydrogens (tertiary/aromatic N) is 1. The second-order valence-corrected chi connectivity index (χ2v) is 4.29. The van der Waals surface area contributed by atoms with E-state index in [-0.39, 0.29) is 12.5 Å². The number of carbonyl (C=O) groups is 1. The summed E-state index contributed by atoms with van der Waals surface area (Å²) in [7, 11) is 0. The number of rotatable bonds is 7. The molecule has 0 radical (unpaired) electrons. The van der Waals surface area contributed by atoms with Gasteiger partial charge in [0.05, 0.1) is 0 Å². The summed E-state index contributed by atoms with van der Waals surface area (Å²) in [6.07, 6.45) is 1.61. The van der Waals surface area contributed by atoms with Crippen LogP contribution < -0.4 is 21.1 Å². The van der Waals surface area contributed by atoms with Gasteiger partial charge < -0.3 is 21.1 Å². The van der Waals surface area contributed by atoms with Crippen molar-refractivity contribution in [3.05, 3.63) is 48.7 Å². The number of carbonyl (C=O) groups excluding carboxylic acids is 1. The van der Waals surface area contributed by atoms with E-state index >= 15 is 0 Å². The van der Waals surface area contributed by atoms with Crippen molar-refractivity contribution in [1.29, 1.82) is 0 Å². The summed E-state index contributed by atoms with van der Waals surface area (Å²) in [5.74, 6) is 0.885. The van der Waals surface area contributed by atoms with Crippen LogP contribution in [0.3, 0.4) is 0 Å². The van der Waals surface area contributed by atoms with Crippen LogP contribution >= 0.6 is 0 Å². The molecule has 1 aromatic carbocycles. The lowest BCUT2D eigenvalue weighted by atomic mass is 10.3. The third-order valence-electron chi connectivity index (χ3n) is 2.63. The molecule has 0 fully saturated rings. The molecular formula is C15H18N4O2. The van der Waals surface area contributed by atoms with Gasteiger partial charge in [-0.3, -0.25) is 4.79 Å². The van der Waals surface area contributed by atoms with Gasteiger partial charge >= 0.3 is 0 Å². The van der Waals surface area contributed by atoms with Gasteiger partial charge in [-0.1, -0.05) is 6.07 Å². The van der Waals surface area contributed by atoms with Crippen LogP contribution in [0.4, 0.5) is 11.5 Å². The molecule has 110 valence electrons. The van der Waals surface area contributed by atoms with Gasteiger partial charge in [-0.2, -0.15) is 0 Å². The predicted octanol–water partition coefficient (Wildman–Crippen LogP) is 1.47. The minimum Gasteiger partial charge on any atom is -0.484 e. The highest BCUT2D eigenvalue weighted by molar-refractivity contribution is 5.90. The van der Waals surface area contributed by atoms with Crippen LogP contribution in [0.5, 0.6) is 5.75 Å². The zero-order valence-electron chi connectivity index (χ0n) is 11.6. The van der Waals surface area contributed by atoms with E-state index in [4.69, 9.17) is 10.5 Å². The summed E-state index contributed by atoms with van der Waals surface area (Å²) in [4.78, 5) is 15.7. The normalized spacial score (nSPS) is 9.95. The summed E-state index contributed by atoms with van der Waals surface area (Å²) in [5.41, 5.74) is 6.38. The van der Waals surface area contributed by atoms with Gasteiger partial charge in [0.2, 0.25) is 0 Å². The largest absolute Gasteiger partial charge is 0.484 e. The summed E-state index contributed by atoms with van der Waals surface area (Å²) >= 11 is 0. The third-order valence-corrected chi connectivity index (χ3v) is 2.63. The SMILES string of the molecule is NCCNc1ccc(OCC(=O)Nc2ccccn2)cc1. The molecule has 0 saturated heterocycles. The van der Waals surface area contributed by atoms with Crippen LogP contribution in [-0.2, 0) is 4.79 Å². The molecule has 0 saturated carbocycles. The van der Waals surface area contributed by atoms with E-state index in [1.54, 1.807) is 36.5 Å². The molecule has 6 nitrogen and oxygen atoms in total. The molecule has 1 aromatic heterocycles. The molecule has 0 bridgehead atoms. The highest BCUT2D eigenvalue weighted by Gasteiger charge is 2.04. The number of anilines is 2. The molecule has 1 heterocycles. The Morgan fingerprint density at radius 2 is 2.00 bits per heavy atom. The van der Waals surface area contributed by atoms with E-state index in [0.29, 0.717) is 24.7 Å². The Morgan fingerprint density at radius 3 is 2.67 bits per heavy atom. The fourth-order valence-corrected chi connectivity index (χ4v) is 1.65. The molecule has 4 N–H and O–H groups in total. The van der Waals surface area contributed by atoms with Crippen molar-refractivity contribution in [2.75, 3.05) is 30.3 Å². The molecule has 0 spiro atoms. The molecule has 1 amide bonds. The van der Waals surface area contributed by atoms with E-state index in [1.807, 2.05) is 12.1 Å². The van der Waals surface area contributed by atoms with Crippen molar-refractivity contribution >= 4 is 17.4 Å². The molecule has 0 aliphatic rings. The number of benzene rings is 1. The lowest BCUT2D eigenvalue weighted by Gasteiger charge is -2.08. The first-order valence-corrected chi connectivity index (χ1v) is 6.65. The van der Waals surface area contributed by atoms with E-state index in [9.17, 15) is 4.79 Å². The minimum absolute atomic E-state index is 0.0633. The van der Waals surface area contributed by atoms with Crippen molar-refractivity contribution in [3.8, 4) is 5.75 Å². The molecule has 6 heteroatoms. The molecule has 0 unspecified atom stereocenters. The van der Waals surface area contributed by atoms with Crippen LogP contribution in [0, 0.1) is 0 Å². The van der Waals surface area contributed by atoms with Crippen LogP contribution in [0.1, 0.15) is 0 Å². The Morgan fingerprint density at radius 1 is 1.19 bits per heavy atom. The maximum atomic E-state index is 11.7. The van der Waals surface area contributed by atoms with Gasteiger partial charge in [-0.15, -0.1) is 0 Å². The van der Waals surface area contributed by atoms with Crippen molar-refractivity contribution in [2.24, 2.45) is 5.73 Å². The number of pyridine rings is 1. The molecule has 2 rings (SSSR count). The van der Waals surface area contributed by atoms with Crippen molar-refractivity contribution < 1.29 is 9.53 Å². The maximum absolute atomic E-state index is 11.7. The molecule has 2 aromatic rings. The molecule has 21 heavy (non-hydrogen) atoms. The molecule has 0 atom stereocenters. The Bertz CT molecular complexity index is 558. The third kappa shape index (κ3) is 5.12. The Labute approximate surface area is 123 Å². The Hall–Kier alpha value is -2.60. The number of hydrogen-bond donors (Lipinski definition) is 3. The highest BCUT2D eigenvalue weighted by atomic mass is 16.5. The lowest BCUT2D eigenvalue weighted by Crippen LogP contribution is -2.20. The first kappa shape index (κ1) is 14.8. The van der Waals surface area contributed by atoms with E-state index in [0.717, 1.165) is 5.69 Å².